The van der Waals surface area contributed by atoms with E-state index in [4.69, 9.17) is 10.5 Å². The van der Waals surface area contributed by atoms with Crippen LogP contribution in [0.2, 0.25) is 0 Å². The summed E-state index contributed by atoms with van der Waals surface area (Å²) >= 11 is 0. The molecule has 0 aliphatic rings. The van der Waals surface area contributed by atoms with E-state index >= 15 is 0 Å². The highest BCUT2D eigenvalue weighted by molar-refractivity contribution is 5.92. The lowest BCUT2D eigenvalue weighted by molar-refractivity contribution is -0.145. The maximum Gasteiger partial charge on any atom is 0.328 e. The van der Waals surface area contributed by atoms with Crippen molar-refractivity contribution in [3.63, 3.8) is 0 Å². The summed E-state index contributed by atoms with van der Waals surface area (Å²) in [5.74, 6) is -1.25. The number of nitrogens with two attached hydrogens (primary N) is 1. The van der Waals surface area contributed by atoms with Gasteiger partial charge in [0.25, 0.3) is 0 Å². The zero-order chi connectivity index (χ0) is 23.5. The molecule has 0 aliphatic carbocycles. The first-order valence-electron chi connectivity index (χ1n) is 10.8. The molecule has 0 bridgehead atoms. The molecule has 0 radical (unpaired) electrons. The van der Waals surface area contributed by atoms with Crippen molar-refractivity contribution in [1.82, 2.24) is 10.6 Å². The Morgan fingerprint density at radius 3 is 1.81 bits per heavy atom. The molecule has 3 atom stereocenters. The molecule has 2 aromatic carbocycles. The van der Waals surface area contributed by atoms with Gasteiger partial charge in [0.05, 0.1) is 13.2 Å². The lowest BCUT2D eigenvalue weighted by Gasteiger charge is -2.24. The monoisotopic (exact) mass is 439 g/mol. The van der Waals surface area contributed by atoms with E-state index in [1.807, 2.05) is 74.5 Å². The van der Waals surface area contributed by atoms with Crippen LogP contribution in [0.4, 0.5) is 0 Å². The van der Waals surface area contributed by atoms with Crippen molar-refractivity contribution < 1.29 is 19.1 Å². The molecule has 172 valence electrons. The molecule has 2 aromatic rings. The Morgan fingerprint density at radius 1 is 0.812 bits per heavy atom. The molecular formula is C25H33N3O4. The Morgan fingerprint density at radius 2 is 1.31 bits per heavy atom. The summed E-state index contributed by atoms with van der Waals surface area (Å²) < 4.78 is 4.87. The number of hydrogen-bond donors (Lipinski definition) is 3. The summed E-state index contributed by atoms with van der Waals surface area (Å²) in [6.07, 6.45) is 1.06. The van der Waals surface area contributed by atoms with Gasteiger partial charge >= 0.3 is 5.97 Å². The standard InChI is InChI=1S/C25H33N3O4/c1-17(2)14-21(27-23(29)20(26)15-18-10-6-4-7-11-18)24(30)28-22(25(31)32-3)16-19-12-8-5-9-13-19/h4-13,17,20-22H,14-16,26H2,1-3H3,(H,27,29)(H,28,30)/t20-,21-,22-/m0/s1. The van der Waals surface area contributed by atoms with Crippen molar-refractivity contribution in [2.75, 3.05) is 7.11 Å². The van der Waals surface area contributed by atoms with Gasteiger partial charge in [0, 0.05) is 6.42 Å². The van der Waals surface area contributed by atoms with E-state index < -0.39 is 35.9 Å². The lowest BCUT2D eigenvalue weighted by atomic mass is 10.00. The summed E-state index contributed by atoms with van der Waals surface area (Å²) in [6, 6.07) is 16.3. The summed E-state index contributed by atoms with van der Waals surface area (Å²) in [5, 5.41) is 5.51. The number of methoxy groups -OCH3 is 1. The number of carbonyl (C=O) groups is 3. The third-order valence-corrected chi connectivity index (χ3v) is 5.06. The van der Waals surface area contributed by atoms with Crippen molar-refractivity contribution in [2.24, 2.45) is 11.7 Å². The molecule has 7 heteroatoms. The van der Waals surface area contributed by atoms with Crippen LogP contribution in [0.15, 0.2) is 60.7 Å². The molecular weight excluding hydrogens is 406 g/mol. The molecule has 7 nitrogen and oxygen atoms in total. The first kappa shape index (κ1) is 25.1. The highest BCUT2D eigenvalue weighted by Gasteiger charge is 2.29. The largest absolute Gasteiger partial charge is 0.467 e. The fourth-order valence-electron chi connectivity index (χ4n) is 3.40. The first-order chi connectivity index (χ1) is 15.3. The minimum Gasteiger partial charge on any atom is -0.467 e. The van der Waals surface area contributed by atoms with Crippen LogP contribution in [-0.2, 0) is 32.0 Å². The van der Waals surface area contributed by atoms with Crippen LogP contribution in [0.3, 0.4) is 0 Å². The number of hydrogen-bond acceptors (Lipinski definition) is 5. The van der Waals surface area contributed by atoms with Gasteiger partial charge in [-0.05, 0) is 29.9 Å². The van der Waals surface area contributed by atoms with E-state index in [-0.39, 0.29) is 12.3 Å². The van der Waals surface area contributed by atoms with Crippen molar-refractivity contribution in [1.29, 1.82) is 0 Å². The maximum absolute atomic E-state index is 13.0. The smallest absolute Gasteiger partial charge is 0.328 e. The quantitative estimate of drug-likeness (QED) is 0.464. The maximum atomic E-state index is 13.0. The van der Waals surface area contributed by atoms with Crippen LogP contribution in [-0.4, -0.2) is 43.0 Å². The molecule has 0 saturated carbocycles. The Kier molecular flexibility index (Phi) is 9.88. The third kappa shape index (κ3) is 8.15. The Hall–Kier alpha value is -3.19. The van der Waals surface area contributed by atoms with Gasteiger partial charge < -0.3 is 21.1 Å². The highest BCUT2D eigenvalue weighted by Crippen LogP contribution is 2.09. The van der Waals surface area contributed by atoms with Crippen molar-refractivity contribution in [2.45, 2.75) is 51.2 Å². The van der Waals surface area contributed by atoms with Gasteiger partial charge in [0.1, 0.15) is 12.1 Å². The van der Waals surface area contributed by atoms with E-state index in [1.54, 1.807) is 0 Å². The topological polar surface area (TPSA) is 111 Å². The van der Waals surface area contributed by atoms with Gasteiger partial charge in [-0.25, -0.2) is 4.79 Å². The molecule has 0 aliphatic heterocycles. The fraction of sp³-hybridized carbons (Fsp3) is 0.400. The molecule has 0 aromatic heterocycles. The second-order valence-electron chi connectivity index (χ2n) is 8.26. The van der Waals surface area contributed by atoms with Gasteiger partial charge in [-0.3, -0.25) is 9.59 Å². The van der Waals surface area contributed by atoms with Gasteiger partial charge in [-0.15, -0.1) is 0 Å². The lowest BCUT2D eigenvalue weighted by Crippen LogP contribution is -2.55. The second-order valence-corrected chi connectivity index (χ2v) is 8.26. The van der Waals surface area contributed by atoms with Gasteiger partial charge in [0.2, 0.25) is 11.8 Å². The molecule has 0 saturated heterocycles. The number of rotatable bonds is 11. The summed E-state index contributed by atoms with van der Waals surface area (Å²) in [7, 11) is 1.28. The average Bonchev–Trinajstić information content (AvgIpc) is 2.78. The summed E-state index contributed by atoms with van der Waals surface area (Å²) in [5.41, 5.74) is 7.91. The summed E-state index contributed by atoms with van der Waals surface area (Å²) in [6.45, 7) is 3.91. The van der Waals surface area contributed by atoms with Gasteiger partial charge in [-0.1, -0.05) is 74.5 Å². The number of nitrogens with one attached hydrogen (secondary N) is 2. The SMILES string of the molecule is COC(=O)[C@H](Cc1ccccc1)NC(=O)[C@H](CC(C)C)NC(=O)[C@@H](N)Cc1ccccc1. The minimum atomic E-state index is -0.862. The zero-order valence-corrected chi connectivity index (χ0v) is 18.9. The van der Waals surface area contributed by atoms with E-state index in [1.165, 1.54) is 7.11 Å². The van der Waals surface area contributed by atoms with Gasteiger partial charge in [-0.2, -0.15) is 0 Å². The average molecular weight is 440 g/mol. The molecule has 0 heterocycles. The van der Waals surface area contributed by atoms with Crippen molar-refractivity contribution in [3.8, 4) is 0 Å². The van der Waals surface area contributed by atoms with E-state index in [9.17, 15) is 14.4 Å². The molecule has 0 spiro atoms. The van der Waals surface area contributed by atoms with Crippen molar-refractivity contribution in [3.05, 3.63) is 71.8 Å². The summed E-state index contributed by atoms with van der Waals surface area (Å²) in [4.78, 5) is 38.0. The Labute approximate surface area is 189 Å². The van der Waals surface area contributed by atoms with Crippen LogP contribution in [0.25, 0.3) is 0 Å². The molecule has 4 N–H and O–H groups in total. The number of amides is 2. The number of esters is 1. The van der Waals surface area contributed by atoms with Crippen LogP contribution in [0, 0.1) is 5.92 Å². The van der Waals surface area contributed by atoms with Crippen LogP contribution >= 0.6 is 0 Å². The van der Waals surface area contributed by atoms with E-state index in [2.05, 4.69) is 10.6 Å². The molecule has 32 heavy (non-hydrogen) atoms. The number of benzene rings is 2. The molecule has 0 fully saturated rings. The minimum absolute atomic E-state index is 0.141. The number of ether oxygens (including phenoxy) is 1. The molecule has 0 unspecified atom stereocenters. The normalized spacial score (nSPS) is 13.7. The van der Waals surface area contributed by atoms with E-state index in [0.717, 1.165) is 11.1 Å². The van der Waals surface area contributed by atoms with Crippen LogP contribution < -0.4 is 16.4 Å². The first-order valence-corrected chi connectivity index (χ1v) is 10.8. The van der Waals surface area contributed by atoms with Crippen LogP contribution in [0.1, 0.15) is 31.4 Å². The predicted molar refractivity (Wildman–Crippen MR) is 124 cm³/mol. The van der Waals surface area contributed by atoms with E-state index in [0.29, 0.717) is 12.8 Å². The number of carbonyl (C=O) groups excluding carboxylic acids is 3. The van der Waals surface area contributed by atoms with Crippen LogP contribution in [0.5, 0.6) is 0 Å². The fourth-order valence-corrected chi connectivity index (χ4v) is 3.40. The highest BCUT2D eigenvalue weighted by atomic mass is 16.5. The Balaban J connectivity index is 2.07. The van der Waals surface area contributed by atoms with Crippen molar-refractivity contribution >= 4 is 17.8 Å². The Bertz CT molecular complexity index is 871. The third-order valence-electron chi connectivity index (χ3n) is 5.06. The second kappa shape index (κ2) is 12.6. The molecule has 2 rings (SSSR count). The predicted octanol–water partition coefficient (Wildman–Crippen LogP) is 1.99. The molecule has 2 amide bonds. The zero-order valence-electron chi connectivity index (χ0n) is 18.9. The van der Waals surface area contributed by atoms with Gasteiger partial charge in [0.15, 0.2) is 0 Å².